The molecule has 7 heteroatoms. The van der Waals surface area contributed by atoms with Crippen LogP contribution in [0.1, 0.15) is 41.1 Å². The second kappa shape index (κ2) is 9.08. The van der Waals surface area contributed by atoms with Crippen LogP contribution in [0.3, 0.4) is 0 Å². The zero-order valence-corrected chi connectivity index (χ0v) is 18.9. The molecule has 31 heavy (non-hydrogen) atoms. The lowest BCUT2D eigenvalue weighted by molar-refractivity contribution is 0.247. The van der Waals surface area contributed by atoms with Gasteiger partial charge in [0.2, 0.25) is 0 Å². The summed E-state index contributed by atoms with van der Waals surface area (Å²) in [4.78, 5) is 6.79. The number of hydrogen-bond donors (Lipinski definition) is 2. The molecule has 0 radical (unpaired) electrons. The molecular formula is C24H28N4O2S. The Morgan fingerprint density at radius 3 is 2.58 bits per heavy atom. The lowest BCUT2D eigenvalue weighted by Gasteiger charge is -2.28. The zero-order chi connectivity index (χ0) is 22.0. The molecule has 1 aliphatic rings. The minimum Gasteiger partial charge on any atom is -0.497 e. The largest absolute Gasteiger partial charge is 0.497 e. The van der Waals surface area contributed by atoms with Crippen LogP contribution in [0.2, 0.25) is 0 Å². The van der Waals surface area contributed by atoms with Gasteiger partial charge in [-0.2, -0.15) is 0 Å². The highest BCUT2D eigenvalue weighted by Crippen LogP contribution is 2.41. The van der Waals surface area contributed by atoms with Gasteiger partial charge in [0.1, 0.15) is 5.75 Å². The molecule has 6 nitrogen and oxygen atoms in total. The number of nitrogens with zero attached hydrogens (tertiary/aromatic N) is 3. The highest BCUT2D eigenvalue weighted by molar-refractivity contribution is 7.80. The highest BCUT2D eigenvalue weighted by atomic mass is 32.1. The van der Waals surface area contributed by atoms with Gasteiger partial charge in [-0.1, -0.05) is 6.07 Å². The van der Waals surface area contributed by atoms with Gasteiger partial charge in [0, 0.05) is 36.4 Å². The van der Waals surface area contributed by atoms with Crippen LogP contribution in [0.25, 0.3) is 5.69 Å². The van der Waals surface area contributed by atoms with Crippen LogP contribution in [0.4, 0.5) is 0 Å². The summed E-state index contributed by atoms with van der Waals surface area (Å²) in [5.74, 6) is 0.835. The van der Waals surface area contributed by atoms with E-state index in [0.29, 0.717) is 18.1 Å². The van der Waals surface area contributed by atoms with E-state index in [-0.39, 0.29) is 18.7 Å². The number of rotatable bonds is 7. The number of aliphatic hydroxyl groups excluding tert-OH is 1. The first-order valence-corrected chi connectivity index (χ1v) is 10.9. The van der Waals surface area contributed by atoms with Gasteiger partial charge in [0.25, 0.3) is 0 Å². The van der Waals surface area contributed by atoms with Crippen LogP contribution in [0.5, 0.6) is 5.75 Å². The molecule has 0 unspecified atom stereocenters. The zero-order valence-electron chi connectivity index (χ0n) is 18.1. The van der Waals surface area contributed by atoms with Crippen LogP contribution in [0, 0.1) is 13.8 Å². The number of ether oxygens (including phenoxy) is 1. The number of thiocarbonyl (C=S) groups is 1. The maximum absolute atomic E-state index is 9.43. The predicted molar refractivity (Wildman–Crippen MR) is 126 cm³/mol. The number of benzene rings is 1. The van der Waals surface area contributed by atoms with Gasteiger partial charge in [0.15, 0.2) is 5.11 Å². The summed E-state index contributed by atoms with van der Waals surface area (Å²) in [6.07, 6.45) is 2.47. The molecule has 162 valence electrons. The van der Waals surface area contributed by atoms with E-state index in [0.717, 1.165) is 28.5 Å². The summed E-state index contributed by atoms with van der Waals surface area (Å²) in [5.41, 5.74) is 5.56. The molecule has 1 aromatic carbocycles. The first-order chi connectivity index (χ1) is 15.0. The topological polar surface area (TPSA) is 62.5 Å². The molecule has 4 rings (SSSR count). The molecule has 0 aliphatic carbocycles. The number of pyridine rings is 1. The van der Waals surface area contributed by atoms with Crippen molar-refractivity contribution in [1.82, 2.24) is 19.8 Å². The molecule has 2 N–H and O–H groups in total. The van der Waals surface area contributed by atoms with Gasteiger partial charge in [-0.3, -0.25) is 4.98 Å². The van der Waals surface area contributed by atoms with Gasteiger partial charge < -0.3 is 24.6 Å². The number of aryl methyl sites for hydroxylation is 1. The Bertz CT molecular complexity index is 1050. The molecule has 1 aliphatic heterocycles. The summed E-state index contributed by atoms with van der Waals surface area (Å²) < 4.78 is 7.57. The maximum Gasteiger partial charge on any atom is 0.170 e. The van der Waals surface area contributed by atoms with Gasteiger partial charge in [-0.15, -0.1) is 0 Å². The van der Waals surface area contributed by atoms with E-state index in [1.165, 1.54) is 5.56 Å². The standard InChI is InChI=1S/C24H28N4O2S/c1-16-15-20(17(2)28(16)18-8-10-19(30-3)11-9-18)23-22(21-7-4-5-12-25-21)26-24(31)27(23)13-6-14-29/h4-5,7-12,15,22-23,29H,6,13-14H2,1-3H3,(H,26,31)/t22-,23+/m1/s1. The fraction of sp³-hybridized carbons (Fsp3) is 0.333. The van der Waals surface area contributed by atoms with Gasteiger partial charge in [0.05, 0.1) is 24.9 Å². The fourth-order valence-electron chi connectivity index (χ4n) is 4.44. The van der Waals surface area contributed by atoms with Crippen molar-refractivity contribution in [3.05, 3.63) is 77.4 Å². The van der Waals surface area contributed by atoms with E-state index in [4.69, 9.17) is 17.0 Å². The molecule has 1 fully saturated rings. The highest BCUT2D eigenvalue weighted by Gasteiger charge is 2.41. The Morgan fingerprint density at radius 2 is 1.94 bits per heavy atom. The van der Waals surface area contributed by atoms with E-state index in [1.54, 1.807) is 7.11 Å². The molecule has 2 atom stereocenters. The normalized spacial score (nSPS) is 18.3. The molecule has 3 heterocycles. The Balaban J connectivity index is 1.79. The second-order valence-corrected chi connectivity index (χ2v) is 8.14. The first kappa shape index (κ1) is 21.3. The van der Waals surface area contributed by atoms with E-state index >= 15 is 0 Å². The minimum atomic E-state index is -0.0581. The van der Waals surface area contributed by atoms with E-state index in [9.17, 15) is 5.11 Å². The third kappa shape index (κ3) is 4.03. The van der Waals surface area contributed by atoms with Crippen LogP contribution in [0.15, 0.2) is 54.7 Å². The Labute approximate surface area is 188 Å². The van der Waals surface area contributed by atoms with E-state index in [1.807, 2.05) is 36.5 Å². The average molecular weight is 437 g/mol. The molecule has 0 saturated carbocycles. The summed E-state index contributed by atoms with van der Waals surface area (Å²) in [6.45, 7) is 5.08. The van der Waals surface area contributed by atoms with E-state index in [2.05, 4.69) is 51.8 Å². The second-order valence-electron chi connectivity index (χ2n) is 7.76. The quantitative estimate of drug-likeness (QED) is 0.549. The summed E-state index contributed by atoms with van der Waals surface area (Å²) in [6, 6.07) is 16.2. The average Bonchev–Trinajstić information content (AvgIpc) is 3.27. The van der Waals surface area contributed by atoms with Gasteiger partial charge in [-0.25, -0.2) is 0 Å². The third-order valence-corrected chi connectivity index (χ3v) is 6.23. The Kier molecular flexibility index (Phi) is 6.25. The smallest absolute Gasteiger partial charge is 0.170 e. The maximum atomic E-state index is 9.43. The molecular weight excluding hydrogens is 408 g/mol. The molecule has 0 spiro atoms. The van der Waals surface area contributed by atoms with Crippen molar-refractivity contribution in [2.75, 3.05) is 20.3 Å². The number of aromatic nitrogens is 2. The third-order valence-electron chi connectivity index (χ3n) is 5.87. The van der Waals surface area contributed by atoms with E-state index < -0.39 is 0 Å². The lowest BCUT2D eigenvalue weighted by atomic mass is 9.96. The van der Waals surface area contributed by atoms with Crippen LogP contribution in [-0.2, 0) is 0 Å². The SMILES string of the molecule is COc1ccc(-n2c(C)cc([C@H]3[C@@H](c4ccccn4)NC(=S)N3CCCO)c2C)cc1. The van der Waals surface area contributed by atoms with Gasteiger partial charge in [-0.05, 0) is 80.5 Å². The Hall–Kier alpha value is -2.90. The number of methoxy groups -OCH3 is 1. The van der Waals surface area contributed by atoms with Crippen molar-refractivity contribution in [2.24, 2.45) is 0 Å². The van der Waals surface area contributed by atoms with Crippen molar-refractivity contribution in [3.8, 4) is 11.4 Å². The minimum absolute atomic E-state index is 0.00727. The van der Waals surface area contributed by atoms with Crippen molar-refractivity contribution in [2.45, 2.75) is 32.4 Å². The molecule has 1 saturated heterocycles. The van der Waals surface area contributed by atoms with Crippen molar-refractivity contribution in [1.29, 1.82) is 0 Å². The summed E-state index contributed by atoms with van der Waals surface area (Å²) in [5, 5.41) is 13.6. The number of hydrogen-bond acceptors (Lipinski definition) is 4. The first-order valence-electron chi connectivity index (χ1n) is 10.5. The number of nitrogens with one attached hydrogen (secondary N) is 1. The van der Waals surface area contributed by atoms with Crippen LogP contribution < -0.4 is 10.1 Å². The van der Waals surface area contributed by atoms with Crippen molar-refractivity contribution >= 4 is 17.3 Å². The molecule has 0 bridgehead atoms. The Morgan fingerprint density at radius 1 is 1.16 bits per heavy atom. The van der Waals surface area contributed by atoms with Gasteiger partial charge >= 0.3 is 0 Å². The molecule has 2 aromatic heterocycles. The monoisotopic (exact) mass is 436 g/mol. The fourth-order valence-corrected chi connectivity index (χ4v) is 4.77. The summed E-state index contributed by atoms with van der Waals surface area (Å²) >= 11 is 5.70. The summed E-state index contributed by atoms with van der Waals surface area (Å²) in [7, 11) is 1.67. The molecule has 3 aromatic rings. The van der Waals surface area contributed by atoms with Crippen LogP contribution in [-0.4, -0.2) is 44.9 Å². The molecule has 0 amide bonds. The predicted octanol–water partition coefficient (Wildman–Crippen LogP) is 3.85. The number of aliphatic hydroxyl groups is 1. The van der Waals surface area contributed by atoms with Crippen molar-refractivity contribution < 1.29 is 9.84 Å². The lowest BCUT2D eigenvalue weighted by Crippen LogP contribution is -2.31. The van der Waals surface area contributed by atoms with Crippen molar-refractivity contribution in [3.63, 3.8) is 0 Å². The van der Waals surface area contributed by atoms with Crippen LogP contribution >= 0.6 is 12.2 Å².